The highest BCUT2D eigenvalue weighted by Gasteiger charge is 2.22. The molecule has 108 valence electrons. The minimum atomic E-state index is -3.47. The molecule has 1 heterocycles. The predicted octanol–water partition coefficient (Wildman–Crippen LogP) is 1.92. The molecule has 7 heteroatoms. The van der Waals surface area contributed by atoms with Gasteiger partial charge in [-0.25, -0.2) is 12.7 Å². The lowest BCUT2D eigenvalue weighted by atomic mass is 10.2. The molecule has 19 heavy (non-hydrogen) atoms. The Labute approximate surface area is 118 Å². The van der Waals surface area contributed by atoms with E-state index in [1.165, 1.54) is 22.8 Å². The van der Waals surface area contributed by atoms with Crippen molar-refractivity contribution in [3.05, 3.63) is 16.3 Å². The Morgan fingerprint density at radius 2 is 2.11 bits per heavy atom. The number of hydrogen-bond donors (Lipinski definition) is 1. The number of carbonyl (C=O) groups excluding carboxylic acids is 1. The van der Waals surface area contributed by atoms with Gasteiger partial charge in [-0.3, -0.25) is 4.79 Å². The molecule has 1 N–H and O–H groups in total. The van der Waals surface area contributed by atoms with Crippen molar-refractivity contribution in [3.63, 3.8) is 0 Å². The Hall–Kier alpha value is -0.920. The molecule has 1 aromatic heterocycles. The number of carbonyl (C=O) groups is 1. The van der Waals surface area contributed by atoms with E-state index in [-0.39, 0.29) is 16.8 Å². The summed E-state index contributed by atoms with van der Waals surface area (Å²) in [6, 6.07) is 1.51. The van der Waals surface area contributed by atoms with Crippen LogP contribution in [0.4, 0.5) is 0 Å². The molecule has 1 unspecified atom stereocenters. The Kier molecular flexibility index (Phi) is 5.51. The molecule has 1 amide bonds. The van der Waals surface area contributed by atoms with Crippen LogP contribution in [0.2, 0.25) is 0 Å². The predicted molar refractivity (Wildman–Crippen MR) is 77.0 cm³/mol. The maximum Gasteiger partial charge on any atom is 0.261 e. The minimum absolute atomic E-state index is 0.0768. The zero-order chi connectivity index (χ0) is 14.6. The van der Waals surface area contributed by atoms with Crippen LogP contribution in [0.15, 0.2) is 16.3 Å². The van der Waals surface area contributed by atoms with Gasteiger partial charge in [0.25, 0.3) is 5.91 Å². The van der Waals surface area contributed by atoms with Crippen molar-refractivity contribution in [1.82, 2.24) is 9.62 Å². The third-order valence-corrected chi connectivity index (χ3v) is 5.93. The number of hydrogen-bond acceptors (Lipinski definition) is 4. The van der Waals surface area contributed by atoms with Gasteiger partial charge in [0.15, 0.2) is 0 Å². The van der Waals surface area contributed by atoms with Gasteiger partial charge in [-0.1, -0.05) is 13.8 Å². The maximum absolute atomic E-state index is 12.1. The van der Waals surface area contributed by atoms with E-state index >= 15 is 0 Å². The third kappa shape index (κ3) is 3.77. The molecule has 0 aliphatic rings. The minimum Gasteiger partial charge on any atom is -0.349 e. The number of amides is 1. The Bertz CT molecular complexity index is 537. The fraction of sp³-hybridized carbons (Fsp3) is 0.583. The van der Waals surface area contributed by atoms with E-state index in [2.05, 4.69) is 5.32 Å². The van der Waals surface area contributed by atoms with Gasteiger partial charge in [-0.05, 0) is 19.4 Å². The highest BCUT2D eigenvalue weighted by atomic mass is 32.2. The molecule has 0 fully saturated rings. The van der Waals surface area contributed by atoms with Gasteiger partial charge >= 0.3 is 0 Å². The van der Waals surface area contributed by atoms with Crippen molar-refractivity contribution < 1.29 is 13.2 Å². The summed E-state index contributed by atoms with van der Waals surface area (Å²) >= 11 is 1.15. The standard InChI is InChI=1S/C12H20N2O3S2/c1-5-9(3)13-12(15)11-7-10(8-18-11)19(16,17)14(4)6-2/h7-9H,5-6H2,1-4H3,(H,13,15). The molecule has 0 radical (unpaired) electrons. The largest absolute Gasteiger partial charge is 0.349 e. The zero-order valence-corrected chi connectivity index (χ0v) is 13.3. The smallest absolute Gasteiger partial charge is 0.261 e. The molecule has 0 saturated carbocycles. The molecule has 0 aliphatic heterocycles. The van der Waals surface area contributed by atoms with E-state index in [4.69, 9.17) is 0 Å². The van der Waals surface area contributed by atoms with Crippen molar-refractivity contribution in [2.45, 2.75) is 38.1 Å². The van der Waals surface area contributed by atoms with Crippen molar-refractivity contribution >= 4 is 27.3 Å². The number of nitrogens with one attached hydrogen (secondary N) is 1. The quantitative estimate of drug-likeness (QED) is 0.873. The number of sulfonamides is 1. The maximum atomic E-state index is 12.1. The summed E-state index contributed by atoms with van der Waals surface area (Å²) < 4.78 is 25.4. The third-order valence-electron chi connectivity index (χ3n) is 2.94. The second kappa shape index (κ2) is 6.49. The molecule has 0 saturated heterocycles. The fourth-order valence-corrected chi connectivity index (χ4v) is 3.66. The van der Waals surface area contributed by atoms with Gasteiger partial charge in [0.2, 0.25) is 10.0 Å². The van der Waals surface area contributed by atoms with Gasteiger partial charge < -0.3 is 5.32 Å². The molecule has 1 atom stereocenters. The fourth-order valence-electron chi connectivity index (χ4n) is 1.32. The molecule has 5 nitrogen and oxygen atoms in total. The SMILES string of the molecule is CCC(C)NC(=O)c1cc(S(=O)(=O)N(C)CC)cs1. The Balaban J connectivity index is 2.92. The van der Waals surface area contributed by atoms with E-state index in [1.807, 2.05) is 13.8 Å². The summed E-state index contributed by atoms with van der Waals surface area (Å²) in [5, 5.41) is 4.32. The summed E-state index contributed by atoms with van der Waals surface area (Å²) in [5.41, 5.74) is 0. The van der Waals surface area contributed by atoms with E-state index in [0.717, 1.165) is 17.8 Å². The summed E-state index contributed by atoms with van der Waals surface area (Å²) in [4.78, 5) is 12.5. The molecular weight excluding hydrogens is 284 g/mol. The van der Waals surface area contributed by atoms with Crippen LogP contribution in [0.3, 0.4) is 0 Å². The summed E-state index contributed by atoms with van der Waals surface area (Å²) in [7, 11) is -1.95. The average Bonchev–Trinajstić information content (AvgIpc) is 2.87. The lowest BCUT2D eigenvalue weighted by Crippen LogP contribution is -2.31. The van der Waals surface area contributed by atoms with Crippen LogP contribution in [0.5, 0.6) is 0 Å². The van der Waals surface area contributed by atoms with Gasteiger partial charge in [-0.15, -0.1) is 11.3 Å². The highest BCUT2D eigenvalue weighted by Crippen LogP contribution is 2.22. The molecule has 0 aromatic carbocycles. The van der Waals surface area contributed by atoms with Gasteiger partial charge in [0.05, 0.1) is 9.77 Å². The Morgan fingerprint density at radius 3 is 2.63 bits per heavy atom. The van der Waals surface area contributed by atoms with Crippen LogP contribution < -0.4 is 5.32 Å². The van der Waals surface area contributed by atoms with Gasteiger partial charge in [0.1, 0.15) is 0 Å². The number of nitrogens with zero attached hydrogens (tertiary/aromatic N) is 1. The first-order valence-corrected chi connectivity index (χ1v) is 8.50. The van der Waals surface area contributed by atoms with Crippen LogP contribution >= 0.6 is 11.3 Å². The monoisotopic (exact) mass is 304 g/mol. The van der Waals surface area contributed by atoms with E-state index < -0.39 is 10.0 Å². The summed E-state index contributed by atoms with van der Waals surface area (Å²) in [6.07, 6.45) is 0.834. The summed E-state index contributed by atoms with van der Waals surface area (Å²) in [6.45, 7) is 6.05. The van der Waals surface area contributed by atoms with Crippen LogP contribution in [0.25, 0.3) is 0 Å². The first-order valence-electron chi connectivity index (χ1n) is 6.18. The van der Waals surface area contributed by atoms with Crippen molar-refractivity contribution in [2.75, 3.05) is 13.6 Å². The lowest BCUT2D eigenvalue weighted by molar-refractivity contribution is 0.0943. The Morgan fingerprint density at radius 1 is 1.47 bits per heavy atom. The summed E-state index contributed by atoms with van der Waals surface area (Å²) in [5.74, 6) is -0.222. The molecule has 1 rings (SSSR count). The van der Waals surface area contributed by atoms with E-state index in [0.29, 0.717) is 11.4 Å². The lowest BCUT2D eigenvalue weighted by Gasteiger charge is -2.13. The first-order chi connectivity index (χ1) is 8.82. The number of thiophene rings is 1. The van der Waals surface area contributed by atoms with Crippen molar-refractivity contribution in [2.24, 2.45) is 0 Å². The highest BCUT2D eigenvalue weighted by molar-refractivity contribution is 7.89. The van der Waals surface area contributed by atoms with E-state index in [1.54, 1.807) is 6.92 Å². The van der Waals surface area contributed by atoms with Crippen molar-refractivity contribution in [3.8, 4) is 0 Å². The van der Waals surface area contributed by atoms with Crippen LogP contribution in [-0.4, -0.2) is 38.3 Å². The van der Waals surface area contributed by atoms with Crippen molar-refractivity contribution in [1.29, 1.82) is 0 Å². The average molecular weight is 304 g/mol. The van der Waals surface area contributed by atoms with Crippen LogP contribution in [-0.2, 0) is 10.0 Å². The molecule has 1 aromatic rings. The molecule has 0 spiro atoms. The number of rotatable bonds is 6. The zero-order valence-electron chi connectivity index (χ0n) is 11.6. The normalized spacial score (nSPS) is 13.5. The molecule has 0 aliphatic carbocycles. The van der Waals surface area contributed by atoms with Gasteiger partial charge in [-0.2, -0.15) is 0 Å². The van der Waals surface area contributed by atoms with Crippen LogP contribution in [0.1, 0.15) is 36.9 Å². The van der Waals surface area contributed by atoms with Gasteiger partial charge in [0, 0.05) is 25.0 Å². The first kappa shape index (κ1) is 16.1. The topological polar surface area (TPSA) is 66.5 Å². The molecular formula is C12H20N2O3S2. The molecule has 0 bridgehead atoms. The second-order valence-corrected chi connectivity index (χ2v) is 7.30. The van der Waals surface area contributed by atoms with E-state index in [9.17, 15) is 13.2 Å². The van der Waals surface area contributed by atoms with Crippen LogP contribution in [0, 0.1) is 0 Å². The second-order valence-electron chi connectivity index (χ2n) is 4.35.